The maximum atomic E-state index is 12.2. The van der Waals surface area contributed by atoms with Crippen LogP contribution in [0, 0.1) is 0 Å². The smallest absolute Gasteiger partial charge is 0.329 e. The first kappa shape index (κ1) is 20.1. The number of hydrogen-bond donors (Lipinski definition) is 2. The number of nitrogens with one attached hydrogen (secondary N) is 2. The van der Waals surface area contributed by atoms with Gasteiger partial charge in [-0.1, -0.05) is 32.1 Å². The van der Waals surface area contributed by atoms with Gasteiger partial charge in [-0.2, -0.15) is 0 Å². The van der Waals surface area contributed by atoms with Crippen LogP contribution in [0.3, 0.4) is 0 Å². The Morgan fingerprint density at radius 3 is 2.36 bits per heavy atom. The maximum Gasteiger partial charge on any atom is 0.329 e. The third-order valence-corrected chi connectivity index (χ3v) is 5.42. The van der Waals surface area contributed by atoms with Gasteiger partial charge in [0.2, 0.25) is 11.8 Å². The molecule has 28 heavy (non-hydrogen) atoms. The van der Waals surface area contributed by atoms with E-state index < -0.39 is 0 Å². The molecule has 8 nitrogen and oxygen atoms in total. The third-order valence-electron chi connectivity index (χ3n) is 5.42. The number of fused-ring (bicyclic) bond motifs is 1. The highest BCUT2D eigenvalue weighted by molar-refractivity contribution is 5.93. The van der Waals surface area contributed by atoms with Crippen molar-refractivity contribution in [3.63, 3.8) is 0 Å². The van der Waals surface area contributed by atoms with Crippen molar-refractivity contribution in [2.45, 2.75) is 63.8 Å². The van der Waals surface area contributed by atoms with Crippen molar-refractivity contribution in [1.82, 2.24) is 19.4 Å². The summed E-state index contributed by atoms with van der Waals surface area (Å²) in [5, 5.41) is 5.78. The van der Waals surface area contributed by atoms with E-state index in [0.717, 1.165) is 25.7 Å². The van der Waals surface area contributed by atoms with Crippen molar-refractivity contribution in [2.24, 2.45) is 14.1 Å². The number of amides is 2. The summed E-state index contributed by atoms with van der Waals surface area (Å²) >= 11 is 0. The molecule has 1 aliphatic rings. The van der Waals surface area contributed by atoms with Crippen LogP contribution >= 0.6 is 0 Å². The third kappa shape index (κ3) is 4.79. The minimum atomic E-state index is -0.263. The molecule has 0 saturated heterocycles. The summed E-state index contributed by atoms with van der Waals surface area (Å²) < 4.78 is 2.95. The minimum absolute atomic E-state index is 0.0745. The highest BCUT2D eigenvalue weighted by atomic mass is 16.2. The molecule has 152 valence electrons. The van der Waals surface area contributed by atoms with Gasteiger partial charge in [-0.25, -0.2) is 9.78 Å². The molecule has 2 heterocycles. The molecule has 0 aromatic carbocycles. The number of pyridine rings is 1. The van der Waals surface area contributed by atoms with E-state index in [1.165, 1.54) is 28.4 Å². The molecule has 0 aliphatic heterocycles. The van der Waals surface area contributed by atoms with E-state index in [2.05, 4.69) is 15.6 Å². The van der Waals surface area contributed by atoms with E-state index >= 15 is 0 Å². The van der Waals surface area contributed by atoms with Crippen molar-refractivity contribution < 1.29 is 9.59 Å². The first-order chi connectivity index (χ1) is 13.5. The Kier molecular flexibility index (Phi) is 6.49. The fourth-order valence-corrected chi connectivity index (χ4v) is 3.77. The van der Waals surface area contributed by atoms with E-state index in [0.29, 0.717) is 17.0 Å². The summed E-state index contributed by atoms with van der Waals surface area (Å²) in [6.07, 6.45) is 8.38. The zero-order chi connectivity index (χ0) is 20.1. The number of carbonyl (C=O) groups is 2. The van der Waals surface area contributed by atoms with Crippen LogP contribution in [0.1, 0.15) is 57.8 Å². The van der Waals surface area contributed by atoms with Crippen LogP contribution in [0.15, 0.2) is 16.9 Å². The van der Waals surface area contributed by atoms with Gasteiger partial charge in [-0.3, -0.25) is 18.7 Å². The molecule has 3 rings (SSSR count). The molecule has 8 heteroatoms. The predicted molar refractivity (Wildman–Crippen MR) is 108 cm³/mol. The fourth-order valence-electron chi connectivity index (χ4n) is 3.77. The number of hydrogen-bond acceptors (Lipinski definition) is 4. The number of aromatic nitrogens is 3. The number of anilines is 1. The van der Waals surface area contributed by atoms with Crippen LogP contribution in [0.5, 0.6) is 0 Å². The lowest BCUT2D eigenvalue weighted by molar-refractivity contribution is -0.125. The summed E-state index contributed by atoms with van der Waals surface area (Å²) in [6.45, 7) is 0. The van der Waals surface area contributed by atoms with Crippen molar-refractivity contribution in [3.8, 4) is 0 Å². The van der Waals surface area contributed by atoms with Gasteiger partial charge in [-0.15, -0.1) is 0 Å². The maximum absolute atomic E-state index is 12.2. The minimum Gasteiger partial charge on any atom is -0.353 e. The topological polar surface area (TPSA) is 98.0 Å². The molecule has 2 aromatic heterocycles. The molecule has 1 aliphatic carbocycles. The van der Waals surface area contributed by atoms with Crippen LogP contribution < -0.4 is 16.3 Å². The quantitative estimate of drug-likeness (QED) is 0.822. The highest BCUT2D eigenvalue weighted by Gasteiger charge is 2.16. The molecule has 0 unspecified atom stereocenters. The van der Waals surface area contributed by atoms with Gasteiger partial charge in [0, 0.05) is 33.0 Å². The SMILES string of the molecule is Cn1c(=O)n(C)c2nc(NC(=O)CCC(=O)NC3CCCCCCC3)ccc21. The van der Waals surface area contributed by atoms with Crippen LogP contribution in [0.25, 0.3) is 11.2 Å². The zero-order valence-corrected chi connectivity index (χ0v) is 16.7. The monoisotopic (exact) mass is 387 g/mol. The lowest BCUT2D eigenvalue weighted by atomic mass is 9.96. The normalized spacial score (nSPS) is 15.8. The van der Waals surface area contributed by atoms with Gasteiger partial charge < -0.3 is 10.6 Å². The zero-order valence-electron chi connectivity index (χ0n) is 16.7. The van der Waals surface area contributed by atoms with Crippen molar-refractivity contribution >= 4 is 28.8 Å². The number of imidazole rings is 1. The summed E-state index contributed by atoms with van der Waals surface area (Å²) in [4.78, 5) is 40.7. The van der Waals surface area contributed by atoms with Gasteiger partial charge in [0.15, 0.2) is 5.65 Å². The van der Waals surface area contributed by atoms with E-state index in [1.54, 1.807) is 26.2 Å². The summed E-state index contributed by atoms with van der Waals surface area (Å²) in [5.74, 6) is 0.0364. The van der Waals surface area contributed by atoms with E-state index in [4.69, 9.17) is 0 Å². The number of carbonyl (C=O) groups excluding carboxylic acids is 2. The van der Waals surface area contributed by atoms with Crippen LogP contribution in [-0.2, 0) is 23.7 Å². The highest BCUT2D eigenvalue weighted by Crippen LogP contribution is 2.17. The lowest BCUT2D eigenvalue weighted by Crippen LogP contribution is -2.35. The number of aryl methyl sites for hydroxylation is 2. The average molecular weight is 387 g/mol. The second-order valence-corrected chi connectivity index (χ2v) is 7.60. The van der Waals surface area contributed by atoms with Crippen LogP contribution in [0.2, 0.25) is 0 Å². The average Bonchev–Trinajstić information content (AvgIpc) is 2.86. The lowest BCUT2D eigenvalue weighted by Gasteiger charge is -2.21. The molecule has 2 amide bonds. The standard InChI is InChI=1S/C20H29N5O3/c1-24-15-10-11-16(23-19(15)25(2)20(24)28)22-18(27)13-12-17(26)21-14-8-6-4-3-5-7-9-14/h10-11,14H,3-9,12-13H2,1-2H3,(H,21,26)(H,22,23,27). The van der Waals surface area contributed by atoms with E-state index in [1.807, 2.05) is 0 Å². The Hall–Kier alpha value is -2.64. The summed E-state index contributed by atoms with van der Waals surface area (Å²) in [6, 6.07) is 3.65. The first-order valence-corrected chi connectivity index (χ1v) is 10.1. The van der Waals surface area contributed by atoms with Crippen molar-refractivity contribution in [3.05, 3.63) is 22.6 Å². The van der Waals surface area contributed by atoms with Crippen LogP contribution in [-0.4, -0.2) is 32.0 Å². The Morgan fingerprint density at radius 1 is 1.00 bits per heavy atom. The van der Waals surface area contributed by atoms with Gasteiger partial charge in [0.05, 0.1) is 5.52 Å². The number of rotatable bonds is 5. The molecular formula is C20H29N5O3. The van der Waals surface area contributed by atoms with E-state index in [-0.39, 0.29) is 36.4 Å². The summed E-state index contributed by atoms with van der Waals surface area (Å²) in [5.41, 5.74) is 1.04. The second-order valence-electron chi connectivity index (χ2n) is 7.60. The molecule has 0 bridgehead atoms. The first-order valence-electron chi connectivity index (χ1n) is 10.1. The van der Waals surface area contributed by atoms with Crippen molar-refractivity contribution in [2.75, 3.05) is 5.32 Å². The Bertz CT molecular complexity index is 906. The molecule has 0 radical (unpaired) electrons. The Balaban J connectivity index is 1.51. The van der Waals surface area contributed by atoms with Gasteiger partial charge in [0.25, 0.3) is 0 Å². The number of nitrogens with zero attached hydrogens (tertiary/aromatic N) is 3. The molecule has 2 aromatic rings. The van der Waals surface area contributed by atoms with Gasteiger partial charge in [-0.05, 0) is 25.0 Å². The van der Waals surface area contributed by atoms with Crippen LogP contribution in [0.4, 0.5) is 5.82 Å². The predicted octanol–water partition coefficient (Wildman–Crippen LogP) is 2.22. The molecule has 0 spiro atoms. The fraction of sp³-hybridized carbons (Fsp3) is 0.600. The molecule has 1 fully saturated rings. The molecule has 1 saturated carbocycles. The van der Waals surface area contributed by atoms with Gasteiger partial charge in [0.1, 0.15) is 5.82 Å². The molecule has 2 N–H and O–H groups in total. The largest absolute Gasteiger partial charge is 0.353 e. The van der Waals surface area contributed by atoms with E-state index in [9.17, 15) is 14.4 Å². The van der Waals surface area contributed by atoms with Gasteiger partial charge >= 0.3 is 5.69 Å². The molecular weight excluding hydrogens is 358 g/mol. The Labute approximate surface area is 164 Å². The Morgan fingerprint density at radius 2 is 1.64 bits per heavy atom. The van der Waals surface area contributed by atoms with Crippen molar-refractivity contribution in [1.29, 1.82) is 0 Å². The second kappa shape index (κ2) is 9.03. The summed E-state index contributed by atoms with van der Waals surface area (Å²) in [7, 11) is 3.32. The molecule has 0 atom stereocenters.